The first-order valence-corrected chi connectivity index (χ1v) is 4.61. The molecule has 72 valence electrons. The van der Waals surface area contributed by atoms with Gasteiger partial charge in [0.2, 0.25) is 0 Å². The Balaban J connectivity index is 2.34. The number of halogens is 1. The van der Waals surface area contributed by atoms with Gasteiger partial charge in [0.05, 0.1) is 6.61 Å². The average Bonchev–Trinajstić information content (AvgIpc) is 2.84. The van der Waals surface area contributed by atoms with Crippen molar-refractivity contribution in [2.24, 2.45) is 11.7 Å². The Morgan fingerprint density at radius 3 is 2.67 bits per heavy atom. The summed E-state index contributed by atoms with van der Waals surface area (Å²) in [5, 5.41) is 0. The minimum absolute atomic E-state index is 0.234. The first-order valence-electron chi connectivity index (χ1n) is 4.61. The Hall–Kier alpha value is -0.150. The lowest BCUT2D eigenvalue weighted by molar-refractivity contribution is 0.0162. The SMILES string of the molecule is COCC(F)(CCCN)C1CC1. The summed E-state index contributed by atoms with van der Waals surface area (Å²) < 4.78 is 18.9. The number of ether oxygens (including phenoxy) is 1. The number of hydrogen-bond donors (Lipinski definition) is 1. The lowest BCUT2D eigenvalue weighted by atomic mass is 9.95. The van der Waals surface area contributed by atoms with E-state index in [2.05, 4.69) is 0 Å². The molecular weight excluding hydrogens is 157 g/mol. The van der Waals surface area contributed by atoms with E-state index in [1.54, 1.807) is 7.11 Å². The van der Waals surface area contributed by atoms with Gasteiger partial charge in [-0.3, -0.25) is 0 Å². The highest BCUT2D eigenvalue weighted by Crippen LogP contribution is 2.44. The fraction of sp³-hybridized carbons (Fsp3) is 1.00. The van der Waals surface area contributed by atoms with Crippen molar-refractivity contribution < 1.29 is 9.13 Å². The Morgan fingerprint density at radius 1 is 1.58 bits per heavy atom. The molecule has 1 rings (SSSR count). The van der Waals surface area contributed by atoms with Crippen LogP contribution in [0.1, 0.15) is 25.7 Å². The van der Waals surface area contributed by atoms with Gasteiger partial charge in [0.25, 0.3) is 0 Å². The fourth-order valence-corrected chi connectivity index (χ4v) is 1.63. The number of rotatable bonds is 6. The van der Waals surface area contributed by atoms with E-state index in [0.717, 1.165) is 19.3 Å². The van der Waals surface area contributed by atoms with Crippen LogP contribution in [0.25, 0.3) is 0 Å². The lowest BCUT2D eigenvalue weighted by Crippen LogP contribution is -2.32. The molecule has 2 nitrogen and oxygen atoms in total. The van der Waals surface area contributed by atoms with Gasteiger partial charge in [0.15, 0.2) is 0 Å². The van der Waals surface area contributed by atoms with Crippen molar-refractivity contribution in [3.8, 4) is 0 Å². The summed E-state index contributed by atoms with van der Waals surface area (Å²) in [5.41, 5.74) is 4.26. The molecule has 0 heterocycles. The summed E-state index contributed by atoms with van der Waals surface area (Å²) in [6, 6.07) is 0. The first kappa shape index (κ1) is 9.93. The lowest BCUT2D eigenvalue weighted by Gasteiger charge is -2.23. The van der Waals surface area contributed by atoms with Gasteiger partial charge in [-0.25, -0.2) is 4.39 Å². The molecule has 1 fully saturated rings. The van der Waals surface area contributed by atoms with E-state index in [4.69, 9.17) is 10.5 Å². The molecular formula is C9H18FNO. The molecule has 0 bridgehead atoms. The highest BCUT2D eigenvalue weighted by molar-refractivity contribution is 4.95. The van der Waals surface area contributed by atoms with E-state index < -0.39 is 5.67 Å². The quantitative estimate of drug-likeness (QED) is 0.663. The minimum Gasteiger partial charge on any atom is -0.381 e. The summed E-state index contributed by atoms with van der Waals surface area (Å²) in [7, 11) is 1.55. The monoisotopic (exact) mass is 175 g/mol. The smallest absolute Gasteiger partial charge is 0.137 e. The van der Waals surface area contributed by atoms with Crippen LogP contribution in [-0.4, -0.2) is 25.9 Å². The Morgan fingerprint density at radius 2 is 2.25 bits per heavy atom. The number of alkyl halides is 1. The number of methoxy groups -OCH3 is 1. The van der Waals surface area contributed by atoms with Crippen LogP contribution >= 0.6 is 0 Å². The Kier molecular flexibility index (Phi) is 3.47. The zero-order valence-electron chi connectivity index (χ0n) is 7.68. The van der Waals surface area contributed by atoms with E-state index in [-0.39, 0.29) is 12.5 Å². The van der Waals surface area contributed by atoms with E-state index in [1.807, 2.05) is 0 Å². The number of nitrogens with two attached hydrogens (primary N) is 1. The summed E-state index contributed by atoms with van der Waals surface area (Å²) in [6.45, 7) is 0.805. The van der Waals surface area contributed by atoms with Crippen LogP contribution in [-0.2, 0) is 4.74 Å². The van der Waals surface area contributed by atoms with Gasteiger partial charge in [-0.05, 0) is 38.1 Å². The van der Waals surface area contributed by atoms with Gasteiger partial charge in [-0.1, -0.05) is 0 Å². The van der Waals surface area contributed by atoms with Crippen molar-refractivity contribution in [3.63, 3.8) is 0 Å². The van der Waals surface area contributed by atoms with Crippen molar-refractivity contribution in [2.75, 3.05) is 20.3 Å². The first-order chi connectivity index (χ1) is 5.73. The van der Waals surface area contributed by atoms with E-state index in [0.29, 0.717) is 13.0 Å². The molecule has 0 aromatic heterocycles. The van der Waals surface area contributed by atoms with Gasteiger partial charge in [0.1, 0.15) is 5.67 Å². The molecule has 2 N–H and O–H groups in total. The maximum atomic E-state index is 14.0. The third-order valence-corrected chi connectivity index (χ3v) is 2.49. The highest BCUT2D eigenvalue weighted by Gasteiger charge is 2.45. The second kappa shape index (κ2) is 4.19. The average molecular weight is 175 g/mol. The summed E-state index contributed by atoms with van der Waals surface area (Å²) in [4.78, 5) is 0. The molecule has 1 aliphatic carbocycles. The van der Waals surface area contributed by atoms with Crippen molar-refractivity contribution in [1.82, 2.24) is 0 Å². The Labute approximate surface area is 73.3 Å². The second-order valence-corrected chi connectivity index (χ2v) is 3.63. The van der Waals surface area contributed by atoms with Crippen molar-refractivity contribution >= 4 is 0 Å². The third kappa shape index (κ3) is 2.42. The summed E-state index contributed by atoms with van der Waals surface area (Å²) >= 11 is 0. The second-order valence-electron chi connectivity index (χ2n) is 3.63. The zero-order chi connectivity index (χ0) is 9.03. The molecule has 1 unspecified atom stereocenters. The third-order valence-electron chi connectivity index (χ3n) is 2.49. The molecule has 0 aromatic rings. The maximum Gasteiger partial charge on any atom is 0.137 e. The molecule has 0 spiro atoms. The maximum absolute atomic E-state index is 14.0. The molecule has 1 atom stereocenters. The van der Waals surface area contributed by atoms with E-state index in [9.17, 15) is 4.39 Å². The van der Waals surface area contributed by atoms with Crippen LogP contribution in [0.2, 0.25) is 0 Å². The highest BCUT2D eigenvalue weighted by atomic mass is 19.1. The summed E-state index contributed by atoms with van der Waals surface area (Å²) in [6.07, 6.45) is 3.35. The standard InChI is InChI=1S/C9H18FNO/c1-12-7-9(10,5-2-6-11)8-3-4-8/h8H,2-7,11H2,1H3. The van der Waals surface area contributed by atoms with Crippen LogP contribution in [0.5, 0.6) is 0 Å². The van der Waals surface area contributed by atoms with E-state index >= 15 is 0 Å². The molecule has 12 heavy (non-hydrogen) atoms. The molecule has 0 saturated heterocycles. The number of hydrogen-bond acceptors (Lipinski definition) is 2. The van der Waals surface area contributed by atoms with E-state index in [1.165, 1.54) is 0 Å². The van der Waals surface area contributed by atoms with Crippen LogP contribution in [0.4, 0.5) is 4.39 Å². The molecule has 0 amide bonds. The van der Waals surface area contributed by atoms with Crippen molar-refractivity contribution in [3.05, 3.63) is 0 Å². The van der Waals surface area contributed by atoms with Gasteiger partial charge < -0.3 is 10.5 Å². The van der Waals surface area contributed by atoms with Crippen molar-refractivity contribution in [1.29, 1.82) is 0 Å². The van der Waals surface area contributed by atoms with Crippen molar-refractivity contribution in [2.45, 2.75) is 31.4 Å². The van der Waals surface area contributed by atoms with Crippen LogP contribution in [0.3, 0.4) is 0 Å². The normalized spacial score (nSPS) is 22.2. The van der Waals surface area contributed by atoms with Gasteiger partial charge in [-0.2, -0.15) is 0 Å². The zero-order valence-corrected chi connectivity index (χ0v) is 7.68. The van der Waals surface area contributed by atoms with Crippen LogP contribution in [0.15, 0.2) is 0 Å². The molecule has 0 aliphatic heterocycles. The van der Waals surface area contributed by atoms with Crippen LogP contribution in [0, 0.1) is 5.92 Å². The van der Waals surface area contributed by atoms with Crippen LogP contribution < -0.4 is 5.73 Å². The van der Waals surface area contributed by atoms with Gasteiger partial charge in [0, 0.05) is 7.11 Å². The molecule has 0 aromatic carbocycles. The summed E-state index contributed by atoms with van der Waals surface area (Å²) in [5.74, 6) is 0.240. The molecule has 0 radical (unpaired) electrons. The van der Waals surface area contributed by atoms with Gasteiger partial charge >= 0.3 is 0 Å². The Bertz CT molecular complexity index is 138. The topological polar surface area (TPSA) is 35.2 Å². The molecule has 1 saturated carbocycles. The van der Waals surface area contributed by atoms with Gasteiger partial charge in [-0.15, -0.1) is 0 Å². The molecule has 3 heteroatoms. The minimum atomic E-state index is -1.09. The fourth-order valence-electron chi connectivity index (χ4n) is 1.63. The molecule has 1 aliphatic rings. The largest absolute Gasteiger partial charge is 0.381 e. The predicted octanol–water partition coefficient (Wildman–Crippen LogP) is 1.49. The predicted molar refractivity (Wildman–Crippen MR) is 46.7 cm³/mol.